The number of aromatic nitrogens is 2. The number of anilines is 2. The van der Waals surface area contributed by atoms with Crippen LogP contribution in [0.25, 0.3) is 11.3 Å². The van der Waals surface area contributed by atoms with Crippen molar-refractivity contribution in [3.8, 4) is 17.0 Å². The molecule has 0 spiro atoms. The van der Waals surface area contributed by atoms with Gasteiger partial charge >= 0.3 is 0 Å². The van der Waals surface area contributed by atoms with E-state index in [1.54, 1.807) is 7.11 Å². The highest BCUT2D eigenvalue weighted by Crippen LogP contribution is 2.25. The van der Waals surface area contributed by atoms with Crippen molar-refractivity contribution in [2.24, 2.45) is 5.92 Å². The molecule has 0 radical (unpaired) electrons. The van der Waals surface area contributed by atoms with Crippen molar-refractivity contribution in [3.05, 3.63) is 66.2 Å². The molecule has 6 heteroatoms. The summed E-state index contributed by atoms with van der Waals surface area (Å²) >= 11 is 0. The standard InChI is InChI=1S/C24H26N4O2/c1-17-5-3-4-6-21(17)25-24(29)19-13-15-28(16-14-19)23-12-11-22(26-27-23)18-7-9-20(30-2)10-8-18/h3-12,19H,13-16H2,1-2H3,(H,25,29). The minimum atomic E-state index is 0.0207. The number of amides is 1. The Bertz CT molecular complexity index is 994. The van der Waals surface area contributed by atoms with Crippen molar-refractivity contribution in [2.45, 2.75) is 19.8 Å². The van der Waals surface area contributed by atoms with Gasteiger partial charge in [-0.25, -0.2) is 0 Å². The average molecular weight is 402 g/mol. The Morgan fingerprint density at radius 1 is 1.00 bits per heavy atom. The van der Waals surface area contributed by atoms with Crippen LogP contribution in [0, 0.1) is 12.8 Å². The third-order valence-corrected chi connectivity index (χ3v) is 5.63. The summed E-state index contributed by atoms with van der Waals surface area (Å²) in [6.07, 6.45) is 1.61. The molecule has 2 aromatic carbocycles. The highest BCUT2D eigenvalue weighted by molar-refractivity contribution is 5.93. The van der Waals surface area contributed by atoms with Crippen LogP contribution >= 0.6 is 0 Å². The molecule has 0 bridgehead atoms. The molecule has 1 amide bonds. The fourth-order valence-corrected chi connectivity index (χ4v) is 3.73. The molecule has 1 aliphatic rings. The molecular weight excluding hydrogens is 376 g/mol. The molecule has 1 saturated heterocycles. The molecule has 0 unspecified atom stereocenters. The van der Waals surface area contributed by atoms with Crippen molar-refractivity contribution >= 4 is 17.4 Å². The predicted octanol–water partition coefficient (Wildman–Crippen LogP) is 4.32. The molecule has 1 aromatic heterocycles. The van der Waals surface area contributed by atoms with Gasteiger partial charge in [0.25, 0.3) is 0 Å². The summed E-state index contributed by atoms with van der Waals surface area (Å²) in [7, 11) is 1.65. The van der Waals surface area contributed by atoms with Gasteiger partial charge in [0.1, 0.15) is 5.75 Å². The third kappa shape index (κ3) is 4.43. The maximum absolute atomic E-state index is 12.6. The minimum Gasteiger partial charge on any atom is -0.497 e. The fraction of sp³-hybridized carbons (Fsp3) is 0.292. The van der Waals surface area contributed by atoms with Crippen LogP contribution < -0.4 is 15.0 Å². The highest BCUT2D eigenvalue weighted by atomic mass is 16.5. The van der Waals surface area contributed by atoms with E-state index in [-0.39, 0.29) is 11.8 Å². The lowest BCUT2D eigenvalue weighted by atomic mass is 9.95. The van der Waals surface area contributed by atoms with Gasteiger partial charge in [-0.3, -0.25) is 4.79 Å². The number of aryl methyl sites for hydroxylation is 1. The maximum atomic E-state index is 12.6. The number of nitrogens with zero attached hydrogens (tertiary/aromatic N) is 3. The molecule has 30 heavy (non-hydrogen) atoms. The van der Waals surface area contributed by atoms with E-state index in [0.717, 1.165) is 60.0 Å². The fourth-order valence-electron chi connectivity index (χ4n) is 3.73. The molecule has 1 fully saturated rings. The van der Waals surface area contributed by atoms with Crippen molar-refractivity contribution in [3.63, 3.8) is 0 Å². The topological polar surface area (TPSA) is 67.3 Å². The van der Waals surface area contributed by atoms with Crippen LogP contribution in [-0.4, -0.2) is 36.3 Å². The van der Waals surface area contributed by atoms with E-state index in [9.17, 15) is 4.79 Å². The quantitative estimate of drug-likeness (QED) is 0.689. The Morgan fingerprint density at radius 3 is 2.37 bits per heavy atom. The summed E-state index contributed by atoms with van der Waals surface area (Å²) in [5.41, 5.74) is 3.80. The molecule has 0 aliphatic carbocycles. The Balaban J connectivity index is 1.34. The Kier molecular flexibility index (Phi) is 5.93. The normalized spacial score (nSPS) is 14.4. The second-order valence-corrected chi connectivity index (χ2v) is 7.57. The van der Waals surface area contributed by atoms with Crippen LogP contribution in [0.15, 0.2) is 60.7 Å². The number of rotatable bonds is 5. The lowest BCUT2D eigenvalue weighted by Gasteiger charge is -2.32. The van der Waals surface area contributed by atoms with Crippen molar-refractivity contribution in [2.75, 3.05) is 30.4 Å². The average Bonchev–Trinajstić information content (AvgIpc) is 2.81. The lowest BCUT2D eigenvalue weighted by Crippen LogP contribution is -2.38. The number of para-hydroxylation sites is 1. The summed E-state index contributed by atoms with van der Waals surface area (Å²) in [4.78, 5) is 14.8. The zero-order valence-electron chi connectivity index (χ0n) is 17.3. The minimum absolute atomic E-state index is 0.0207. The van der Waals surface area contributed by atoms with Gasteiger partial charge in [-0.2, -0.15) is 0 Å². The summed E-state index contributed by atoms with van der Waals surface area (Å²) < 4.78 is 5.20. The second-order valence-electron chi connectivity index (χ2n) is 7.57. The number of ether oxygens (including phenoxy) is 1. The molecule has 6 nitrogen and oxygen atoms in total. The summed E-state index contributed by atoms with van der Waals surface area (Å²) in [6, 6.07) is 19.6. The van der Waals surface area contributed by atoms with E-state index < -0.39 is 0 Å². The van der Waals surface area contributed by atoms with E-state index in [0.29, 0.717) is 0 Å². The molecule has 3 aromatic rings. The lowest BCUT2D eigenvalue weighted by molar-refractivity contribution is -0.120. The first-order valence-corrected chi connectivity index (χ1v) is 10.2. The number of hydrogen-bond donors (Lipinski definition) is 1. The summed E-state index contributed by atoms with van der Waals surface area (Å²) in [6.45, 7) is 3.59. The van der Waals surface area contributed by atoms with Gasteiger partial charge in [0, 0.05) is 30.3 Å². The zero-order valence-corrected chi connectivity index (χ0v) is 17.3. The van der Waals surface area contributed by atoms with Gasteiger partial charge in [0.15, 0.2) is 5.82 Å². The maximum Gasteiger partial charge on any atom is 0.227 e. The van der Waals surface area contributed by atoms with Gasteiger partial charge in [0.2, 0.25) is 5.91 Å². The molecule has 4 rings (SSSR count). The third-order valence-electron chi connectivity index (χ3n) is 5.63. The Morgan fingerprint density at radius 2 is 1.73 bits per heavy atom. The molecule has 1 aliphatic heterocycles. The number of methoxy groups -OCH3 is 1. The van der Waals surface area contributed by atoms with Gasteiger partial charge in [-0.1, -0.05) is 18.2 Å². The molecule has 1 N–H and O–H groups in total. The number of carbonyl (C=O) groups is 1. The van der Waals surface area contributed by atoms with E-state index in [2.05, 4.69) is 20.4 Å². The smallest absolute Gasteiger partial charge is 0.227 e. The number of benzene rings is 2. The van der Waals surface area contributed by atoms with E-state index in [1.807, 2.05) is 67.6 Å². The zero-order chi connectivity index (χ0) is 20.9. The van der Waals surface area contributed by atoms with Crippen LogP contribution in [0.2, 0.25) is 0 Å². The highest BCUT2D eigenvalue weighted by Gasteiger charge is 2.26. The van der Waals surface area contributed by atoms with Crippen LogP contribution in [0.4, 0.5) is 11.5 Å². The molecule has 0 atom stereocenters. The SMILES string of the molecule is COc1ccc(-c2ccc(N3CCC(C(=O)Nc4ccccc4C)CC3)nn2)cc1. The van der Waals surface area contributed by atoms with Crippen molar-refractivity contribution < 1.29 is 9.53 Å². The number of carbonyl (C=O) groups excluding carboxylic acids is 1. The monoisotopic (exact) mass is 402 g/mol. The first-order valence-electron chi connectivity index (χ1n) is 10.2. The molecule has 2 heterocycles. The molecule has 0 saturated carbocycles. The second kappa shape index (κ2) is 8.95. The van der Waals surface area contributed by atoms with Crippen LogP contribution in [0.3, 0.4) is 0 Å². The van der Waals surface area contributed by atoms with Gasteiger partial charge in [-0.05, 0) is 67.8 Å². The van der Waals surface area contributed by atoms with E-state index in [1.165, 1.54) is 0 Å². The van der Waals surface area contributed by atoms with Crippen molar-refractivity contribution in [1.82, 2.24) is 10.2 Å². The van der Waals surface area contributed by atoms with Gasteiger partial charge in [-0.15, -0.1) is 10.2 Å². The first kappa shape index (κ1) is 19.9. The predicted molar refractivity (Wildman–Crippen MR) is 119 cm³/mol. The van der Waals surface area contributed by atoms with Crippen LogP contribution in [0.5, 0.6) is 5.75 Å². The van der Waals surface area contributed by atoms with Crippen LogP contribution in [0.1, 0.15) is 18.4 Å². The number of piperidine rings is 1. The molecule has 154 valence electrons. The summed E-state index contributed by atoms with van der Waals surface area (Å²) in [5.74, 6) is 1.79. The largest absolute Gasteiger partial charge is 0.497 e. The molecular formula is C24H26N4O2. The number of hydrogen-bond acceptors (Lipinski definition) is 5. The van der Waals surface area contributed by atoms with E-state index in [4.69, 9.17) is 4.74 Å². The van der Waals surface area contributed by atoms with Crippen LogP contribution in [-0.2, 0) is 4.79 Å². The van der Waals surface area contributed by atoms with Gasteiger partial charge in [0.05, 0.1) is 12.8 Å². The van der Waals surface area contributed by atoms with E-state index >= 15 is 0 Å². The summed E-state index contributed by atoms with van der Waals surface area (Å²) in [5, 5.41) is 11.9. The Hall–Kier alpha value is -3.41. The first-order chi connectivity index (χ1) is 14.6. The number of nitrogens with one attached hydrogen (secondary N) is 1. The van der Waals surface area contributed by atoms with Crippen molar-refractivity contribution in [1.29, 1.82) is 0 Å². The Labute approximate surface area is 176 Å². The van der Waals surface area contributed by atoms with Gasteiger partial charge < -0.3 is 15.0 Å².